The van der Waals surface area contributed by atoms with E-state index >= 15 is 0 Å². The molecule has 2 aliphatic rings. The Bertz CT molecular complexity index is 702. The van der Waals surface area contributed by atoms with Gasteiger partial charge in [-0.25, -0.2) is 0 Å². The number of likely N-dealkylation sites (tertiary alicyclic amines) is 1. The first-order valence-corrected chi connectivity index (χ1v) is 7.44. The number of hydrogen-bond donors (Lipinski definition) is 0. The van der Waals surface area contributed by atoms with Gasteiger partial charge < -0.3 is 14.4 Å². The molecule has 5 nitrogen and oxygen atoms in total. The molecule has 0 aliphatic carbocycles. The number of carbonyl (C=O) groups excluding carboxylic acids is 1. The van der Waals surface area contributed by atoms with Crippen molar-refractivity contribution in [2.24, 2.45) is 0 Å². The molecule has 22 heavy (non-hydrogen) atoms. The highest BCUT2D eigenvalue weighted by Gasteiger charge is 2.32. The summed E-state index contributed by atoms with van der Waals surface area (Å²) in [6, 6.07) is 11.2. The van der Waals surface area contributed by atoms with Crippen molar-refractivity contribution < 1.29 is 14.3 Å². The van der Waals surface area contributed by atoms with Gasteiger partial charge in [0.1, 0.15) is 0 Å². The van der Waals surface area contributed by atoms with Crippen LogP contribution in [0.4, 0.5) is 0 Å². The molecule has 5 heteroatoms. The van der Waals surface area contributed by atoms with Crippen LogP contribution in [0.2, 0.25) is 0 Å². The third-order valence-corrected chi connectivity index (χ3v) is 4.16. The van der Waals surface area contributed by atoms with E-state index < -0.39 is 0 Å². The van der Waals surface area contributed by atoms with Crippen LogP contribution in [0.1, 0.15) is 34.9 Å². The number of aromatic nitrogens is 1. The number of hydrogen-bond acceptors (Lipinski definition) is 4. The second-order valence-corrected chi connectivity index (χ2v) is 5.48. The zero-order valence-corrected chi connectivity index (χ0v) is 12.1. The van der Waals surface area contributed by atoms with Gasteiger partial charge in [-0.3, -0.25) is 9.78 Å². The Balaban J connectivity index is 1.62. The Labute approximate surface area is 128 Å². The van der Waals surface area contributed by atoms with Gasteiger partial charge in [-0.1, -0.05) is 6.07 Å². The molecule has 2 aromatic rings. The number of ether oxygens (including phenoxy) is 2. The minimum absolute atomic E-state index is 0.0199. The number of carbonyl (C=O) groups is 1. The lowest BCUT2D eigenvalue weighted by Crippen LogP contribution is -2.30. The van der Waals surface area contributed by atoms with E-state index in [1.807, 2.05) is 23.1 Å². The average Bonchev–Trinajstić information content (AvgIpc) is 3.23. The van der Waals surface area contributed by atoms with Gasteiger partial charge in [0.25, 0.3) is 5.91 Å². The fraction of sp³-hybridized carbons (Fsp3) is 0.294. The Hall–Kier alpha value is -2.56. The lowest BCUT2D eigenvalue weighted by molar-refractivity contribution is 0.0732. The molecule has 112 valence electrons. The van der Waals surface area contributed by atoms with Crippen molar-refractivity contribution in [3.8, 4) is 11.5 Å². The van der Waals surface area contributed by atoms with Crippen LogP contribution < -0.4 is 9.47 Å². The first-order chi connectivity index (χ1) is 10.8. The fourth-order valence-corrected chi connectivity index (χ4v) is 3.09. The largest absolute Gasteiger partial charge is 0.454 e. The number of amides is 1. The number of fused-ring (bicyclic) bond motifs is 1. The van der Waals surface area contributed by atoms with Gasteiger partial charge >= 0.3 is 0 Å². The molecule has 0 radical (unpaired) electrons. The van der Waals surface area contributed by atoms with Crippen molar-refractivity contribution in [2.75, 3.05) is 13.3 Å². The van der Waals surface area contributed by atoms with Gasteiger partial charge in [0, 0.05) is 18.3 Å². The molecule has 1 aromatic carbocycles. The molecule has 0 unspecified atom stereocenters. The van der Waals surface area contributed by atoms with Crippen LogP contribution in [0.3, 0.4) is 0 Å². The molecule has 0 spiro atoms. The summed E-state index contributed by atoms with van der Waals surface area (Å²) in [5.41, 5.74) is 1.58. The van der Waals surface area contributed by atoms with Crippen molar-refractivity contribution >= 4 is 5.91 Å². The SMILES string of the molecule is O=C(c1ccc2c(c1)OCO2)N1CCC[C@@H]1c1ccccn1. The Morgan fingerprint density at radius 2 is 2.09 bits per heavy atom. The molecule has 0 saturated carbocycles. The summed E-state index contributed by atoms with van der Waals surface area (Å²) in [6.07, 6.45) is 3.72. The van der Waals surface area contributed by atoms with Crippen LogP contribution in [-0.2, 0) is 0 Å². The molecule has 0 N–H and O–H groups in total. The van der Waals surface area contributed by atoms with Gasteiger partial charge in [-0.15, -0.1) is 0 Å². The predicted octanol–water partition coefficient (Wildman–Crippen LogP) is 2.79. The van der Waals surface area contributed by atoms with Gasteiger partial charge in [0.2, 0.25) is 6.79 Å². The zero-order valence-electron chi connectivity index (χ0n) is 12.1. The molecule has 1 saturated heterocycles. The van der Waals surface area contributed by atoms with E-state index in [1.165, 1.54) is 0 Å². The van der Waals surface area contributed by atoms with E-state index in [0.29, 0.717) is 17.1 Å². The monoisotopic (exact) mass is 296 g/mol. The molecular weight excluding hydrogens is 280 g/mol. The van der Waals surface area contributed by atoms with Crippen LogP contribution in [0, 0.1) is 0 Å². The third kappa shape index (κ3) is 2.19. The second-order valence-electron chi connectivity index (χ2n) is 5.48. The normalized spacial score (nSPS) is 19.5. The minimum atomic E-state index is 0.0199. The van der Waals surface area contributed by atoms with E-state index in [1.54, 1.807) is 24.4 Å². The van der Waals surface area contributed by atoms with Gasteiger partial charge in [-0.05, 0) is 43.2 Å². The molecule has 1 atom stereocenters. The average molecular weight is 296 g/mol. The molecule has 1 amide bonds. The van der Waals surface area contributed by atoms with E-state index in [9.17, 15) is 4.79 Å². The van der Waals surface area contributed by atoms with Crippen molar-refractivity contribution in [1.29, 1.82) is 0 Å². The summed E-state index contributed by atoms with van der Waals surface area (Å²) in [5, 5.41) is 0. The van der Waals surface area contributed by atoms with E-state index in [-0.39, 0.29) is 18.7 Å². The lowest BCUT2D eigenvalue weighted by Gasteiger charge is -2.24. The quantitative estimate of drug-likeness (QED) is 0.855. The van der Waals surface area contributed by atoms with E-state index in [2.05, 4.69) is 4.98 Å². The summed E-state index contributed by atoms with van der Waals surface area (Å²) < 4.78 is 10.7. The maximum Gasteiger partial charge on any atom is 0.254 e. The predicted molar refractivity (Wildman–Crippen MR) is 79.8 cm³/mol. The van der Waals surface area contributed by atoms with Gasteiger partial charge in [-0.2, -0.15) is 0 Å². The molecule has 1 fully saturated rings. The maximum absolute atomic E-state index is 12.8. The molecule has 3 heterocycles. The van der Waals surface area contributed by atoms with E-state index in [4.69, 9.17) is 9.47 Å². The highest BCUT2D eigenvalue weighted by molar-refractivity contribution is 5.95. The first-order valence-electron chi connectivity index (χ1n) is 7.44. The molecule has 2 aliphatic heterocycles. The van der Waals surface area contributed by atoms with Crippen molar-refractivity contribution in [1.82, 2.24) is 9.88 Å². The number of nitrogens with zero attached hydrogens (tertiary/aromatic N) is 2. The van der Waals surface area contributed by atoms with Crippen LogP contribution in [0.5, 0.6) is 11.5 Å². The highest BCUT2D eigenvalue weighted by atomic mass is 16.7. The lowest BCUT2D eigenvalue weighted by atomic mass is 10.1. The Morgan fingerprint density at radius 3 is 2.95 bits per heavy atom. The summed E-state index contributed by atoms with van der Waals surface area (Å²) in [6.45, 7) is 0.974. The van der Waals surface area contributed by atoms with Gasteiger partial charge in [0.15, 0.2) is 11.5 Å². The van der Waals surface area contributed by atoms with E-state index in [0.717, 1.165) is 25.1 Å². The van der Waals surface area contributed by atoms with Crippen molar-refractivity contribution in [3.63, 3.8) is 0 Å². The smallest absolute Gasteiger partial charge is 0.254 e. The van der Waals surface area contributed by atoms with Crippen LogP contribution in [-0.4, -0.2) is 29.1 Å². The van der Waals surface area contributed by atoms with Crippen molar-refractivity contribution in [2.45, 2.75) is 18.9 Å². The standard InChI is InChI=1S/C17H16N2O3/c20-17(12-6-7-15-16(10-12)22-11-21-15)19-9-3-5-14(19)13-4-1-2-8-18-13/h1-2,4,6-8,10,14H,3,5,9,11H2/t14-/m1/s1. The highest BCUT2D eigenvalue weighted by Crippen LogP contribution is 2.35. The number of pyridine rings is 1. The van der Waals surface area contributed by atoms with Crippen LogP contribution in [0.15, 0.2) is 42.6 Å². The fourth-order valence-electron chi connectivity index (χ4n) is 3.09. The van der Waals surface area contributed by atoms with Crippen LogP contribution >= 0.6 is 0 Å². The van der Waals surface area contributed by atoms with Gasteiger partial charge in [0.05, 0.1) is 11.7 Å². The molecule has 1 aromatic heterocycles. The zero-order chi connectivity index (χ0) is 14.9. The minimum Gasteiger partial charge on any atom is -0.454 e. The van der Waals surface area contributed by atoms with Crippen LogP contribution in [0.25, 0.3) is 0 Å². The number of rotatable bonds is 2. The summed E-state index contributed by atoms with van der Waals surface area (Å²) in [7, 11) is 0. The third-order valence-electron chi connectivity index (χ3n) is 4.16. The Morgan fingerprint density at radius 1 is 1.18 bits per heavy atom. The number of benzene rings is 1. The molecule has 0 bridgehead atoms. The summed E-state index contributed by atoms with van der Waals surface area (Å²) in [5.74, 6) is 1.35. The maximum atomic E-state index is 12.8. The summed E-state index contributed by atoms with van der Waals surface area (Å²) in [4.78, 5) is 19.1. The van der Waals surface area contributed by atoms with Crippen molar-refractivity contribution in [3.05, 3.63) is 53.9 Å². The summed E-state index contributed by atoms with van der Waals surface area (Å²) >= 11 is 0. The molecular formula is C17H16N2O3. The molecule has 4 rings (SSSR count). The topological polar surface area (TPSA) is 51.7 Å². The first kappa shape index (κ1) is 13.1. The second kappa shape index (κ2) is 5.33. The Kier molecular flexibility index (Phi) is 3.18.